The number of aromatic nitrogens is 4. The molecule has 0 atom stereocenters. The van der Waals surface area contributed by atoms with Crippen LogP contribution in [0.1, 0.15) is 5.56 Å². The molecule has 0 aliphatic rings. The van der Waals surface area contributed by atoms with Crippen molar-refractivity contribution in [3.8, 4) is 0 Å². The minimum absolute atomic E-state index is 0.0717. The number of benzene rings is 2. The summed E-state index contributed by atoms with van der Waals surface area (Å²) in [6.07, 6.45) is 1.31. The van der Waals surface area contributed by atoms with Gasteiger partial charge in [0.1, 0.15) is 0 Å². The van der Waals surface area contributed by atoms with Gasteiger partial charge in [-0.1, -0.05) is 29.8 Å². The maximum absolute atomic E-state index is 11.1. The standard InChI is InChI=1S/C17H11ClN8O3/c18-11-5-3-6-12(8-11)20-14-15(22-17-16(21-14)24-29-25-17)23-19-9-10-4-1-2-7-13(10)26(27)28/h1-9H,(H,20,21,24)(H,22,23,25)/b19-9-. The minimum atomic E-state index is -0.486. The summed E-state index contributed by atoms with van der Waals surface area (Å²) in [6, 6.07) is 13.2. The quantitative estimate of drug-likeness (QED) is 0.275. The molecule has 29 heavy (non-hydrogen) atoms. The Morgan fingerprint density at radius 1 is 1.07 bits per heavy atom. The molecule has 0 fully saturated rings. The molecule has 0 saturated carbocycles. The lowest BCUT2D eigenvalue weighted by Gasteiger charge is -2.09. The van der Waals surface area contributed by atoms with Crippen molar-refractivity contribution in [2.24, 2.45) is 5.10 Å². The topological polar surface area (TPSA) is 144 Å². The van der Waals surface area contributed by atoms with Gasteiger partial charge in [-0.3, -0.25) is 15.5 Å². The number of nitrogens with zero attached hydrogens (tertiary/aromatic N) is 6. The second kappa shape index (κ2) is 7.86. The highest BCUT2D eigenvalue weighted by molar-refractivity contribution is 6.30. The van der Waals surface area contributed by atoms with Gasteiger partial charge in [-0.2, -0.15) is 10.1 Å². The fourth-order valence-corrected chi connectivity index (χ4v) is 2.62. The highest BCUT2D eigenvalue weighted by atomic mass is 35.5. The average molecular weight is 411 g/mol. The van der Waals surface area contributed by atoms with E-state index in [0.717, 1.165) is 0 Å². The van der Waals surface area contributed by atoms with E-state index in [1.165, 1.54) is 12.3 Å². The lowest BCUT2D eigenvalue weighted by molar-refractivity contribution is -0.385. The summed E-state index contributed by atoms with van der Waals surface area (Å²) in [7, 11) is 0. The summed E-state index contributed by atoms with van der Waals surface area (Å²) in [5.41, 5.74) is 4.00. The number of rotatable bonds is 6. The Balaban J connectivity index is 1.65. The van der Waals surface area contributed by atoms with E-state index in [4.69, 9.17) is 11.6 Å². The molecular formula is C17H11ClN8O3. The van der Waals surface area contributed by atoms with Crippen molar-refractivity contribution < 1.29 is 9.55 Å². The molecule has 4 rings (SSSR count). The molecule has 0 aliphatic heterocycles. The second-order valence-electron chi connectivity index (χ2n) is 5.65. The van der Waals surface area contributed by atoms with Gasteiger partial charge in [0.2, 0.25) is 11.3 Å². The third-order valence-corrected chi connectivity index (χ3v) is 3.94. The van der Waals surface area contributed by atoms with Crippen molar-refractivity contribution in [1.29, 1.82) is 0 Å². The highest BCUT2D eigenvalue weighted by Crippen LogP contribution is 2.25. The average Bonchev–Trinajstić information content (AvgIpc) is 3.15. The Morgan fingerprint density at radius 2 is 1.83 bits per heavy atom. The molecule has 0 amide bonds. The summed E-state index contributed by atoms with van der Waals surface area (Å²) in [4.78, 5) is 19.2. The molecule has 0 radical (unpaired) electrons. The van der Waals surface area contributed by atoms with Crippen LogP contribution in [0.25, 0.3) is 11.3 Å². The lowest BCUT2D eigenvalue weighted by atomic mass is 10.2. The lowest BCUT2D eigenvalue weighted by Crippen LogP contribution is -2.03. The van der Waals surface area contributed by atoms with Gasteiger partial charge in [0.15, 0.2) is 11.6 Å². The number of nitro benzene ring substituents is 1. The van der Waals surface area contributed by atoms with Gasteiger partial charge in [-0.15, -0.1) is 0 Å². The number of hydrazone groups is 1. The number of nitro groups is 1. The zero-order chi connectivity index (χ0) is 20.2. The summed E-state index contributed by atoms with van der Waals surface area (Å²) in [5.74, 6) is 0.498. The number of anilines is 3. The third-order valence-electron chi connectivity index (χ3n) is 3.71. The first-order valence-corrected chi connectivity index (χ1v) is 8.53. The highest BCUT2D eigenvalue weighted by Gasteiger charge is 2.14. The smallest absolute Gasteiger partial charge is 0.278 e. The van der Waals surface area contributed by atoms with Crippen LogP contribution in [0, 0.1) is 10.1 Å². The van der Waals surface area contributed by atoms with Crippen LogP contribution in [-0.2, 0) is 0 Å². The fraction of sp³-hybridized carbons (Fsp3) is 0. The largest absolute Gasteiger partial charge is 0.337 e. The van der Waals surface area contributed by atoms with E-state index in [1.54, 1.807) is 42.5 Å². The molecule has 0 bridgehead atoms. The zero-order valence-corrected chi connectivity index (χ0v) is 15.2. The number of nitrogens with one attached hydrogen (secondary N) is 2. The Labute approximate surface area is 167 Å². The van der Waals surface area contributed by atoms with Crippen molar-refractivity contribution in [3.05, 3.63) is 69.2 Å². The van der Waals surface area contributed by atoms with E-state index >= 15 is 0 Å². The van der Waals surface area contributed by atoms with E-state index in [2.05, 4.69) is 40.8 Å². The Kier molecular flexibility index (Phi) is 4.95. The van der Waals surface area contributed by atoms with Crippen LogP contribution in [0.3, 0.4) is 0 Å². The molecule has 2 aromatic heterocycles. The summed E-state index contributed by atoms with van der Waals surface area (Å²) in [6.45, 7) is 0. The maximum atomic E-state index is 11.1. The van der Waals surface area contributed by atoms with Gasteiger partial charge in [-0.25, -0.2) is 9.61 Å². The van der Waals surface area contributed by atoms with Gasteiger partial charge < -0.3 is 5.32 Å². The molecule has 144 valence electrons. The van der Waals surface area contributed by atoms with Crippen molar-refractivity contribution >= 4 is 52.1 Å². The summed E-state index contributed by atoms with van der Waals surface area (Å²) in [5, 5.41) is 26.1. The van der Waals surface area contributed by atoms with E-state index in [0.29, 0.717) is 16.3 Å². The first-order chi connectivity index (χ1) is 14.1. The SMILES string of the molecule is O=[N+]([O-])c1ccccc1/C=N\Nc1nc2nonc2nc1Nc1cccc(Cl)c1. The van der Waals surface area contributed by atoms with Crippen molar-refractivity contribution in [1.82, 2.24) is 20.3 Å². The molecule has 0 saturated heterocycles. The van der Waals surface area contributed by atoms with Gasteiger partial charge >= 0.3 is 0 Å². The molecule has 12 heteroatoms. The molecular weight excluding hydrogens is 400 g/mol. The molecule has 11 nitrogen and oxygen atoms in total. The van der Waals surface area contributed by atoms with Crippen LogP contribution in [-0.4, -0.2) is 31.4 Å². The number of para-hydroxylation sites is 1. The molecule has 4 aromatic rings. The van der Waals surface area contributed by atoms with Crippen molar-refractivity contribution in [3.63, 3.8) is 0 Å². The van der Waals surface area contributed by atoms with Crippen molar-refractivity contribution in [2.75, 3.05) is 10.7 Å². The Bertz CT molecular complexity index is 1230. The Morgan fingerprint density at radius 3 is 2.59 bits per heavy atom. The summed E-state index contributed by atoms with van der Waals surface area (Å²) < 4.78 is 4.65. The third kappa shape index (κ3) is 4.09. The van der Waals surface area contributed by atoms with Gasteiger partial charge in [-0.05, 0) is 34.6 Å². The molecule has 2 aromatic carbocycles. The molecule has 0 unspecified atom stereocenters. The number of halogens is 1. The summed E-state index contributed by atoms with van der Waals surface area (Å²) >= 11 is 6.01. The predicted octanol–water partition coefficient (Wildman–Crippen LogP) is 3.76. The molecule has 2 N–H and O–H groups in total. The monoisotopic (exact) mass is 410 g/mol. The second-order valence-corrected chi connectivity index (χ2v) is 6.09. The molecule has 2 heterocycles. The maximum Gasteiger partial charge on any atom is 0.278 e. The first kappa shape index (κ1) is 18.3. The van der Waals surface area contributed by atoms with Gasteiger partial charge in [0.05, 0.1) is 16.7 Å². The van der Waals surface area contributed by atoms with Crippen LogP contribution < -0.4 is 10.7 Å². The number of hydrogen-bond donors (Lipinski definition) is 2. The van der Waals surface area contributed by atoms with E-state index in [-0.39, 0.29) is 28.6 Å². The zero-order valence-electron chi connectivity index (χ0n) is 14.5. The Hall–Kier alpha value is -4.12. The number of hydrogen-bond acceptors (Lipinski definition) is 10. The normalized spacial score (nSPS) is 11.1. The van der Waals surface area contributed by atoms with Crippen LogP contribution in [0.4, 0.5) is 23.0 Å². The van der Waals surface area contributed by atoms with Crippen LogP contribution >= 0.6 is 11.6 Å². The van der Waals surface area contributed by atoms with Crippen LogP contribution in [0.5, 0.6) is 0 Å². The van der Waals surface area contributed by atoms with Crippen LogP contribution in [0.2, 0.25) is 5.02 Å². The van der Waals surface area contributed by atoms with Crippen molar-refractivity contribution in [2.45, 2.75) is 0 Å². The van der Waals surface area contributed by atoms with E-state index in [9.17, 15) is 10.1 Å². The predicted molar refractivity (Wildman–Crippen MR) is 106 cm³/mol. The molecule has 0 aliphatic carbocycles. The van der Waals surface area contributed by atoms with Crippen LogP contribution in [0.15, 0.2) is 58.3 Å². The first-order valence-electron chi connectivity index (χ1n) is 8.15. The minimum Gasteiger partial charge on any atom is -0.337 e. The fourth-order valence-electron chi connectivity index (χ4n) is 2.43. The van der Waals surface area contributed by atoms with E-state index < -0.39 is 4.92 Å². The molecule has 0 spiro atoms. The number of fused-ring (bicyclic) bond motifs is 1. The van der Waals surface area contributed by atoms with Gasteiger partial charge in [0, 0.05) is 16.8 Å². The van der Waals surface area contributed by atoms with E-state index in [1.807, 2.05) is 0 Å². The van der Waals surface area contributed by atoms with Gasteiger partial charge in [0.25, 0.3) is 5.69 Å².